The average molecular weight is 237 g/mol. The molecule has 2 heterocycles. The Morgan fingerprint density at radius 2 is 2.06 bits per heavy atom. The molecule has 1 amide bonds. The quantitative estimate of drug-likeness (QED) is 0.857. The molecule has 0 aliphatic carbocycles. The Hall–Kier alpha value is -1.36. The lowest BCUT2D eigenvalue weighted by atomic mass is 10.2. The molecule has 5 heteroatoms. The maximum absolute atomic E-state index is 12.1. The molecule has 1 aromatic rings. The molecule has 0 bridgehead atoms. The van der Waals surface area contributed by atoms with Gasteiger partial charge in [0.1, 0.15) is 6.26 Å². The first-order valence-electron chi connectivity index (χ1n) is 6.25. The minimum atomic E-state index is -0.0149. The van der Waals surface area contributed by atoms with E-state index in [1.807, 2.05) is 4.90 Å². The fraction of sp³-hybridized carbons (Fsp3) is 0.667. The normalized spacial score (nSPS) is 16.9. The SMILES string of the molecule is NCCc1nc(C(=O)N2CCCCCC2)co1. The van der Waals surface area contributed by atoms with Crippen LogP contribution in [0, 0.1) is 0 Å². The van der Waals surface area contributed by atoms with Crippen LogP contribution in [0.5, 0.6) is 0 Å². The molecule has 94 valence electrons. The second-order valence-electron chi connectivity index (χ2n) is 4.37. The summed E-state index contributed by atoms with van der Waals surface area (Å²) < 4.78 is 5.21. The van der Waals surface area contributed by atoms with Gasteiger partial charge in [-0.3, -0.25) is 4.79 Å². The van der Waals surface area contributed by atoms with E-state index in [1.165, 1.54) is 19.1 Å². The molecule has 1 saturated heterocycles. The third-order valence-electron chi connectivity index (χ3n) is 3.02. The summed E-state index contributed by atoms with van der Waals surface area (Å²) in [6.45, 7) is 2.15. The summed E-state index contributed by atoms with van der Waals surface area (Å²) >= 11 is 0. The van der Waals surface area contributed by atoms with Crippen molar-refractivity contribution in [3.05, 3.63) is 17.8 Å². The zero-order valence-electron chi connectivity index (χ0n) is 10.0. The molecule has 0 aromatic carbocycles. The van der Waals surface area contributed by atoms with Gasteiger partial charge in [0.2, 0.25) is 0 Å². The van der Waals surface area contributed by atoms with Crippen molar-refractivity contribution in [3.8, 4) is 0 Å². The Balaban J connectivity index is 2.01. The van der Waals surface area contributed by atoms with Crippen molar-refractivity contribution in [3.63, 3.8) is 0 Å². The number of hydrogen-bond acceptors (Lipinski definition) is 4. The Morgan fingerprint density at radius 3 is 2.71 bits per heavy atom. The predicted molar refractivity (Wildman–Crippen MR) is 63.6 cm³/mol. The predicted octanol–water partition coefficient (Wildman–Crippen LogP) is 1.19. The molecule has 0 atom stereocenters. The fourth-order valence-electron chi connectivity index (χ4n) is 2.08. The number of carbonyl (C=O) groups is 1. The molecule has 1 aliphatic rings. The summed E-state index contributed by atoms with van der Waals surface area (Å²) in [5.74, 6) is 0.532. The van der Waals surface area contributed by atoms with E-state index in [0.29, 0.717) is 24.6 Å². The number of hydrogen-bond donors (Lipinski definition) is 1. The minimum Gasteiger partial charge on any atom is -0.448 e. The van der Waals surface area contributed by atoms with E-state index in [4.69, 9.17) is 10.2 Å². The summed E-state index contributed by atoms with van der Waals surface area (Å²) in [4.78, 5) is 18.2. The van der Waals surface area contributed by atoms with Crippen LogP contribution in [0.1, 0.15) is 42.1 Å². The lowest BCUT2D eigenvalue weighted by molar-refractivity contribution is 0.0755. The number of carbonyl (C=O) groups excluding carboxylic acids is 1. The van der Waals surface area contributed by atoms with Crippen molar-refractivity contribution >= 4 is 5.91 Å². The number of likely N-dealkylation sites (tertiary alicyclic amines) is 1. The van der Waals surface area contributed by atoms with Crippen LogP contribution in [0.3, 0.4) is 0 Å². The maximum Gasteiger partial charge on any atom is 0.275 e. The Labute approximate surface area is 101 Å². The Bertz CT molecular complexity index is 368. The van der Waals surface area contributed by atoms with Gasteiger partial charge in [-0.05, 0) is 12.8 Å². The molecular weight excluding hydrogens is 218 g/mol. The largest absolute Gasteiger partial charge is 0.448 e. The number of nitrogens with zero attached hydrogens (tertiary/aromatic N) is 2. The fourth-order valence-corrected chi connectivity index (χ4v) is 2.08. The highest BCUT2D eigenvalue weighted by atomic mass is 16.3. The van der Waals surface area contributed by atoms with Crippen LogP contribution in [0.2, 0.25) is 0 Å². The van der Waals surface area contributed by atoms with Gasteiger partial charge in [0.05, 0.1) is 0 Å². The lowest BCUT2D eigenvalue weighted by Gasteiger charge is -2.18. The maximum atomic E-state index is 12.1. The van der Waals surface area contributed by atoms with Gasteiger partial charge in [-0.15, -0.1) is 0 Å². The van der Waals surface area contributed by atoms with Gasteiger partial charge >= 0.3 is 0 Å². The van der Waals surface area contributed by atoms with Crippen LogP contribution in [0.4, 0.5) is 0 Å². The molecule has 1 aromatic heterocycles. The van der Waals surface area contributed by atoms with Crippen LogP contribution >= 0.6 is 0 Å². The molecule has 0 saturated carbocycles. The molecular formula is C12H19N3O2. The van der Waals surface area contributed by atoms with Crippen molar-refractivity contribution in [1.29, 1.82) is 0 Å². The molecule has 1 fully saturated rings. The molecule has 0 radical (unpaired) electrons. The van der Waals surface area contributed by atoms with Gasteiger partial charge in [-0.1, -0.05) is 12.8 Å². The number of rotatable bonds is 3. The van der Waals surface area contributed by atoms with E-state index in [-0.39, 0.29) is 5.91 Å². The standard InChI is InChI=1S/C12H19N3O2/c13-6-5-11-14-10(9-17-11)12(16)15-7-3-1-2-4-8-15/h9H,1-8,13H2. The summed E-state index contributed by atoms with van der Waals surface area (Å²) in [6, 6.07) is 0. The van der Waals surface area contributed by atoms with Crippen LogP contribution in [-0.4, -0.2) is 35.4 Å². The first-order chi connectivity index (χ1) is 8.31. The van der Waals surface area contributed by atoms with E-state index >= 15 is 0 Å². The van der Waals surface area contributed by atoms with Gasteiger partial charge in [-0.2, -0.15) is 0 Å². The lowest BCUT2D eigenvalue weighted by Crippen LogP contribution is -2.32. The minimum absolute atomic E-state index is 0.0149. The van der Waals surface area contributed by atoms with Crippen molar-refractivity contribution in [2.45, 2.75) is 32.1 Å². The van der Waals surface area contributed by atoms with Gasteiger partial charge in [0.15, 0.2) is 11.6 Å². The highest BCUT2D eigenvalue weighted by Gasteiger charge is 2.20. The summed E-state index contributed by atoms with van der Waals surface area (Å²) in [5.41, 5.74) is 5.83. The number of aromatic nitrogens is 1. The average Bonchev–Trinajstić information content (AvgIpc) is 2.64. The van der Waals surface area contributed by atoms with Crippen molar-refractivity contribution < 1.29 is 9.21 Å². The number of oxazole rings is 1. The molecule has 0 spiro atoms. The summed E-state index contributed by atoms with van der Waals surface area (Å²) in [6.07, 6.45) is 6.60. The van der Waals surface area contributed by atoms with Crippen LogP contribution in [0.15, 0.2) is 10.7 Å². The smallest absolute Gasteiger partial charge is 0.275 e. The van der Waals surface area contributed by atoms with Crippen molar-refractivity contribution in [2.24, 2.45) is 5.73 Å². The second kappa shape index (κ2) is 5.82. The van der Waals surface area contributed by atoms with Crippen LogP contribution < -0.4 is 5.73 Å². The third kappa shape index (κ3) is 3.06. The molecule has 17 heavy (non-hydrogen) atoms. The molecule has 0 unspecified atom stereocenters. The highest BCUT2D eigenvalue weighted by Crippen LogP contribution is 2.13. The molecule has 2 rings (SSSR count). The molecule has 5 nitrogen and oxygen atoms in total. The zero-order chi connectivity index (χ0) is 12.1. The first-order valence-corrected chi connectivity index (χ1v) is 6.25. The van der Waals surface area contributed by atoms with Crippen molar-refractivity contribution in [2.75, 3.05) is 19.6 Å². The van der Waals surface area contributed by atoms with Gasteiger partial charge in [0.25, 0.3) is 5.91 Å². The first kappa shape index (κ1) is 12.1. The molecule has 2 N–H and O–H groups in total. The van der Waals surface area contributed by atoms with Gasteiger partial charge in [-0.25, -0.2) is 4.98 Å². The molecule has 1 aliphatic heterocycles. The van der Waals surface area contributed by atoms with Crippen LogP contribution in [-0.2, 0) is 6.42 Å². The van der Waals surface area contributed by atoms with Gasteiger partial charge in [0, 0.05) is 26.1 Å². The Kier molecular flexibility index (Phi) is 4.14. The third-order valence-corrected chi connectivity index (χ3v) is 3.02. The second-order valence-corrected chi connectivity index (χ2v) is 4.37. The van der Waals surface area contributed by atoms with Crippen LogP contribution in [0.25, 0.3) is 0 Å². The Morgan fingerprint density at radius 1 is 1.35 bits per heavy atom. The summed E-state index contributed by atoms with van der Waals surface area (Å²) in [5, 5.41) is 0. The van der Waals surface area contributed by atoms with E-state index in [0.717, 1.165) is 25.9 Å². The topological polar surface area (TPSA) is 72.4 Å². The number of nitrogens with two attached hydrogens (primary N) is 1. The highest BCUT2D eigenvalue weighted by molar-refractivity contribution is 5.92. The van der Waals surface area contributed by atoms with E-state index in [2.05, 4.69) is 4.98 Å². The van der Waals surface area contributed by atoms with E-state index in [1.54, 1.807) is 0 Å². The monoisotopic (exact) mass is 237 g/mol. The zero-order valence-corrected chi connectivity index (χ0v) is 10.0. The van der Waals surface area contributed by atoms with E-state index < -0.39 is 0 Å². The van der Waals surface area contributed by atoms with Crippen molar-refractivity contribution in [1.82, 2.24) is 9.88 Å². The van der Waals surface area contributed by atoms with E-state index in [9.17, 15) is 4.79 Å². The number of amides is 1. The summed E-state index contributed by atoms with van der Waals surface area (Å²) in [7, 11) is 0. The van der Waals surface area contributed by atoms with Gasteiger partial charge < -0.3 is 15.1 Å².